The van der Waals surface area contributed by atoms with Crippen molar-refractivity contribution < 1.29 is 51.6 Å². The SMILES string of the molecule is CCCCCCCCCCCCCCCCCC(=O)OC[C@H](COP(=O)([O-])OCC[N+](C)(C)C)OC(=O)CCCCNC(=O)OCc1ccccc1. The number of amides is 1. The largest absolute Gasteiger partial charge is 0.756 e. The van der Waals surface area contributed by atoms with Gasteiger partial charge in [0.1, 0.15) is 26.4 Å². The maximum Gasteiger partial charge on any atom is 0.407 e. The highest BCUT2D eigenvalue weighted by Crippen LogP contribution is 2.38. The predicted octanol–water partition coefficient (Wildman–Crippen LogP) is 8.01. The lowest BCUT2D eigenvalue weighted by atomic mass is 10.0. The van der Waals surface area contributed by atoms with Crippen molar-refractivity contribution >= 4 is 25.9 Å². The number of hydrogen-bond acceptors (Lipinski definition) is 10. The number of rotatable bonds is 33. The van der Waals surface area contributed by atoms with E-state index in [1.54, 1.807) is 0 Å². The molecule has 0 heterocycles. The van der Waals surface area contributed by atoms with Gasteiger partial charge in [0.25, 0.3) is 7.82 Å². The molecule has 0 saturated heterocycles. The molecule has 0 fully saturated rings. The molecule has 0 saturated carbocycles. The van der Waals surface area contributed by atoms with Gasteiger partial charge in [0.05, 0.1) is 27.7 Å². The van der Waals surface area contributed by atoms with Crippen molar-refractivity contribution in [2.75, 3.05) is 54.1 Å². The first-order valence-electron chi connectivity index (χ1n) is 19.6. The van der Waals surface area contributed by atoms with Crippen LogP contribution in [0.5, 0.6) is 0 Å². The molecule has 13 heteroatoms. The monoisotopic (exact) mass is 756 g/mol. The van der Waals surface area contributed by atoms with E-state index in [1.165, 1.54) is 70.6 Å². The molecule has 1 unspecified atom stereocenters. The fourth-order valence-corrected chi connectivity index (χ4v) is 5.99. The molecule has 0 radical (unpaired) electrons. The van der Waals surface area contributed by atoms with Crippen LogP contribution in [0.4, 0.5) is 4.79 Å². The van der Waals surface area contributed by atoms with Crippen molar-refractivity contribution in [2.45, 2.75) is 142 Å². The van der Waals surface area contributed by atoms with Gasteiger partial charge < -0.3 is 38.0 Å². The van der Waals surface area contributed by atoms with Crippen molar-refractivity contribution in [3.05, 3.63) is 35.9 Å². The molecule has 0 bridgehead atoms. The minimum atomic E-state index is -4.68. The first-order chi connectivity index (χ1) is 24.9. The Balaban J connectivity index is 2.33. The van der Waals surface area contributed by atoms with Gasteiger partial charge in [-0.25, -0.2) is 4.79 Å². The summed E-state index contributed by atoms with van der Waals surface area (Å²) >= 11 is 0. The lowest BCUT2D eigenvalue weighted by Crippen LogP contribution is -2.37. The average molecular weight is 757 g/mol. The Labute approximate surface area is 313 Å². The van der Waals surface area contributed by atoms with Gasteiger partial charge in [-0.3, -0.25) is 14.2 Å². The standard InChI is InChI=1S/C39H69N2O10P/c1-5-6-7-8-9-10-11-12-13-14-15-16-17-18-22-27-37(42)47-33-36(34-50-52(45,46)49-31-30-41(2,3)4)51-38(43)28-23-24-29-40-39(44)48-32-35-25-20-19-21-26-35/h19-21,25-26,36H,5-18,22-24,27-34H2,1-4H3,(H-,40,44,45,46)/t36-/m1/s1. The summed E-state index contributed by atoms with van der Waals surface area (Å²) in [5.41, 5.74) is 0.874. The van der Waals surface area contributed by atoms with E-state index in [1.807, 2.05) is 51.5 Å². The summed E-state index contributed by atoms with van der Waals surface area (Å²) in [7, 11) is 1.02. The van der Waals surface area contributed by atoms with Gasteiger partial charge in [0.2, 0.25) is 0 Å². The van der Waals surface area contributed by atoms with Gasteiger partial charge in [-0.1, -0.05) is 127 Å². The van der Waals surface area contributed by atoms with Crippen LogP contribution in [-0.2, 0) is 44.0 Å². The van der Waals surface area contributed by atoms with Crippen LogP contribution in [0.25, 0.3) is 0 Å². The normalized spacial score (nSPS) is 13.2. The Morgan fingerprint density at radius 2 is 1.25 bits per heavy atom. The van der Waals surface area contributed by atoms with Crippen LogP contribution >= 0.6 is 7.82 Å². The zero-order chi connectivity index (χ0) is 38.3. The fourth-order valence-electron chi connectivity index (χ4n) is 5.26. The summed E-state index contributed by atoms with van der Waals surface area (Å²) in [5.74, 6) is -1.05. The number of carbonyl (C=O) groups is 3. The predicted molar refractivity (Wildman–Crippen MR) is 201 cm³/mol. The zero-order valence-electron chi connectivity index (χ0n) is 32.6. The van der Waals surface area contributed by atoms with Crippen molar-refractivity contribution in [3.63, 3.8) is 0 Å². The molecule has 1 N–H and O–H groups in total. The summed E-state index contributed by atoms with van der Waals surface area (Å²) in [4.78, 5) is 49.3. The van der Waals surface area contributed by atoms with Gasteiger partial charge in [0.15, 0.2) is 6.10 Å². The van der Waals surface area contributed by atoms with Crippen molar-refractivity contribution in [1.29, 1.82) is 0 Å². The molecule has 0 aliphatic carbocycles. The lowest BCUT2D eigenvalue weighted by Gasteiger charge is -2.28. The van der Waals surface area contributed by atoms with Crippen LogP contribution in [0.1, 0.15) is 134 Å². The van der Waals surface area contributed by atoms with Crippen LogP contribution in [0.15, 0.2) is 30.3 Å². The number of alkyl carbamates (subject to hydrolysis) is 1. The summed E-state index contributed by atoms with van der Waals surface area (Å²) in [5, 5.41) is 2.64. The Bertz CT molecular complexity index is 1120. The first kappa shape index (κ1) is 47.5. The third-order valence-electron chi connectivity index (χ3n) is 8.43. The van der Waals surface area contributed by atoms with Gasteiger partial charge in [0, 0.05) is 19.4 Å². The minimum Gasteiger partial charge on any atom is -0.756 e. The van der Waals surface area contributed by atoms with Crippen LogP contribution in [-0.4, -0.2) is 82.7 Å². The molecule has 1 amide bonds. The average Bonchev–Trinajstić information content (AvgIpc) is 3.09. The third-order valence-corrected chi connectivity index (χ3v) is 9.40. The Morgan fingerprint density at radius 1 is 0.712 bits per heavy atom. The smallest absolute Gasteiger partial charge is 0.407 e. The Hall–Kier alpha value is -2.50. The van der Waals surface area contributed by atoms with E-state index in [0.29, 0.717) is 36.8 Å². The number of carbonyl (C=O) groups excluding carboxylic acids is 3. The van der Waals surface area contributed by atoms with E-state index >= 15 is 0 Å². The molecule has 2 atom stereocenters. The summed E-state index contributed by atoms with van der Waals surface area (Å²) in [6, 6.07) is 9.31. The molecule has 1 aromatic carbocycles. The second-order valence-corrected chi connectivity index (χ2v) is 15.9. The number of nitrogens with one attached hydrogen (secondary N) is 1. The van der Waals surface area contributed by atoms with Crippen molar-refractivity contribution in [1.82, 2.24) is 5.32 Å². The number of likely N-dealkylation sites (N-methyl/N-ethyl adjacent to an activating group) is 1. The molecule has 0 aromatic heterocycles. The van der Waals surface area contributed by atoms with Crippen molar-refractivity contribution in [2.24, 2.45) is 0 Å². The number of unbranched alkanes of at least 4 members (excludes halogenated alkanes) is 15. The van der Waals surface area contributed by atoms with Crippen molar-refractivity contribution in [3.8, 4) is 0 Å². The number of phosphoric acid groups is 1. The second kappa shape index (κ2) is 29.9. The summed E-state index contributed by atoms with van der Waals surface area (Å²) < 4.78 is 38.7. The second-order valence-electron chi connectivity index (χ2n) is 14.5. The van der Waals surface area contributed by atoms with Gasteiger partial charge >= 0.3 is 18.0 Å². The topological polar surface area (TPSA) is 150 Å². The number of ether oxygens (including phenoxy) is 3. The van der Waals surface area contributed by atoms with E-state index in [-0.39, 0.29) is 32.7 Å². The highest BCUT2D eigenvalue weighted by atomic mass is 31.2. The summed E-state index contributed by atoms with van der Waals surface area (Å²) in [6.07, 6.45) is 17.9. The van der Waals surface area contributed by atoms with E-state index in [4.69, 9.17) is 23.3 Å². The van der Waals surface area contributed by atoms with E-state index in [2.05, 4.69) is 12.2 Å². The molecule has 0 aliphatic heterocycles. The molecular formula is C39H69N2O10P. The number of benzene rings is 1. The fraction of sp³-hybridized carbons (Fsp3) is 0.769. The molecule has 1 aromatic rings. The Kier molecular flexibility index (Phi) is 27.3. The summed E-state index contributed by atoms with van der Waals surface area (Å²) in [6.45, 7) is 2.19. The van der Waals surface area contributed by atoms with Gasteiger partial charge in [-0.15, -0.1) is 0 Å². The minimum absolute atomic E-state index is 0.0132. The maximum atomic E-state index is 12.6. The Morgan fingerprint density at radius 3 is 1.83 bits per heavy atom. The third kappa shape index (κ3) is 30.0. The molecular weight excluding hydrogens is 687 g/mol. The molecule has 52 heavy (non-hydrogen) atoms. The van der Waals surface area contributed by atoms with Crippen LogP contribution in [0.2, 0.25) is 0 Å². The molecule has 1 rings (SSSR count). The van der Waals surface area contributed by atoms with Crippen LogP contribution in [0.3, 0.4) is 0 Å². The van der Waals surface area contributed by atoms with Gasteiger partial charge in [-0.2, -0.15) is 0 Å². The molecule has 0 spiro atoms. The molecule has 0 aliphatic rings. The molecule has 300 valence electrons. The number of nitrogens with zero attached hydrogens (tertiary/aromatic N) is 1. The number of quaternary nitrogens is 1. The van der Waals surface area contributed by atoms with E-state index in [0.717, 1.165) is 24.8 Å². The highest BCUT2D eigenvalue weighted by molar-refractivity contribution is 7.45. The maximum absolute atomic E-state index is 12.6. The highest BCUT2D eigenvalue weighted by Gasteiger charge is 2.21. The number of esters is 2. The zero-order valence-corrected chi connectivity index (χ0v) is 33.5. The number of phosphoric ester groups is 1. The van der Waals surface area contributed by atoms with Crippen LogP contribution < -0.4 is 10.2 Å². The quantitative estimate of drug-likeness (QED) is 0.0246. The lowest BCUT2D eigenvalue weighted by molar-refractivity contribution is -0.870. The molecule has 12 nitrogen and oxygen atoms in total. The van der Waals surface area contributed by atoms with Crippen LogP contribution in [0, 0.1) is 0 Å². The first-order valence-corrected chi connectivity index (χ1v) is 21.1. The van der Waals surface area contributed by atoms with Gasteiger partial charge in [-0.05, 0) is 24.8 Å². The number of hydrogen-bond donors (Lipinski definition) is 1. The van der Waals surface area contributed by atoms with E-state index in [9.17, 15) is 23.8 Å². The van der Waals surface area contributed by atoms with E-state index < -0.39 is 38.6 Å².